The molecule has 2 heterocycles. The first kappa shape index (κ1) is 15.1. The average molecular weight is 349 g/mol. The Balaban J connectivity index is 1.38. The topological polar surface area (TPSA) is 54.3 Å². The van der Waals surface area contributed by atoms with Crippen molar-refractivity contribution in [3.8, 4) is 0 Å². The van der Waals surface area contributed by atoms with Crippen LogP contribution in [0.3, 0.4) is 0 Å². The molecule has 2 aliphatic rings. The Morgan fingerprint density at radius 1 is 1.22 bits per heavy atom. The number of hydrogen-bond acceptors (Lipinski definition) is 4. The highest BCUT2D eigenvalue weighted by Gasteiger charge is 2.39. The van der Waals surface area contributed by atoms with E-state index in [9.17, 15) is 4.79 Å². The first-order chi connectivity index (χ1) is 11.2. The van der Waals surface area contributed by atoms with Crippen molar-refractivity contribution in [2.45, 2.75) is 34.9 Å². The normalized spacial score (nSPS) is 25.7. The zero-order valence-electron chi connectivity index (χ0n) is 12.4. The lowest BCUT2D eigenvalue weighted by Gasteiger charge is -2.24. The van der Waals surface area contributed by atoms with Crippen LogP contribution in [0.1, 0.15) is 23.2 Å². The molecule has 6 heteroatoms. The summed E-state index contributed by atoms with van der Waals surface area (Å²) >= 11 is 7.24. The van der Waals surface area contributed by atoms with Crippen molar-refractivity contribution in [2.24, 2.45) is 5.92 Å². The number of amides is 1. The number of furan rings is 1. The van der Waals surface area contributed by atoms with Gasteiger partial charge in [0.2, 0.25) is 0 Å². The van der Waals surface area contributed by atoms with Crippen LogP contribution < -0.4 is 10.6 Å². The Labute approximate surface area is 144 Å². The summed E-state index contributed by atoms with van der Waals surface area (Å²) in [7, 11) is 0. The molecule has 1 amide bonds. The Morgan fingerprint density at radius 2 is 2.04 bits per heavy atom. The van der Waals surface area contributed by atoms with Crippen LogP contribution in [0.2, 0.25) is 5.22 Å². The number of fused-ring (bicyclic) bond motifs is 2. The van der Waals surface area contributed by atoms with Crippen LogP contribution >= 0.6 is 23.4 Å². The van der Waals surface area contributed by atoms with Gasteiger partial charge < -0.3 is 15.1 Å². The maximum absolute atomic E-state index is 12.4. The summed E-state index contributed by atoms with van der Waals surface area (Å²) in [4.78, 5) is 13.4. The molecule has 4 rings (SSSR count). The number of benzene rings is 1. The zero-order valence-corrected chi connectivity index (χ0v) is 14.0. The molecule has 3 unspecified atom stereocenters. The van der Waals surface area contributed by atoms with Crippen LogP contribution in [0, 0.1) is 5.92 Å². The van der Waals surface area contributed by atoms with E-state index < -0.39 is 0 Å². The molecule has 0 spiro atoms. The van der Waals surface area contributed by atoms with E-state index in [-0.39, 0.29) is 11.9 Å². The van der Waals surface area contributed by atoms with E-state index in [1.54, 1.807) is 6.07 Å². The highest BCUT2D eigenvalue weighted by atomic mass is 35.5. The van der Waals surface area contributed by atoms with Crippen molar-refractivity contribution >= 4 is 29.3 Å². The standard InChI is InChI=1S/C17H17ClN2O2S/c18-15-5-6-16(22-15)23-12-3-1-11(2-4-12)17(21)20-14-8-10-7-13(14)19-9-10/h1-6,10,13-14,19H,7-9H2,(H,20,21). The third-order valence-corrected chi connectivity index (χ3v) is 5.66. The molecule has 3 atom stereocenters. The second kappa shape index (κ2) is 6.23. The Bertz CT molecular complexity index is 716. The second-order valence-electron chi connectivity index (χ2n) is 6.12. The zero-order chi connectivity index (χ0) is 15.8. The Hall–Kier alpha value is -1.43. The molecule has 1 saturated heterocycles. The van der Waals surface area contributed by atoms with Gasteiger partial charge >= 0.3 is 0 Å². The Kier molecular flexibility index (Phi) is 4.09. The highest BCUT2D eigenvalue weighted by molar-refractivity contribution is 7.99. The third kappa shape index (κ3) is 3.27. The average Bonchev–Trinajstić information content (AvgIpc) is 3.25. The molecule has 0 radical (unpaired) electrons. The fraction of sp³-hybridized carbons (Fsp3) is 0.353. The summed E-state index contributed by atoms with van der Waals surface area (Å²) in [6, 6.07) is 11.8. The van der Waals surface area contributed by atoms with Crippen molar-refractivity contribution in [1.82, 2.24) is 10.6 Å². The first-order valence-corrected chi connectivity index (χ1v) is 8.94. The minimum absolute atomic E-state index is 0.00180. The molecule has 1 aromatic carbocycles. The van der Waals surface area contributed by atoms with Crippen molar-refractivity contribution < 1.29 is 9.21 Å². The molecule has 1 aromatic heterocycles. The molecular formula is C17H17ClN2O2S. The second-order valence-corrected chi connectivity index (χ2v) is 7.57. The summed E-state index contributed by atoms with van der Waals surface area (Å²) < 4.78 is 5.32. The van der Waals surface area contributed by atoms with Gasteiger partial charge in [-0.3, -0.25) is 4.79 Å². The number of nitrogens with one attached hydrogen (secondary N) is 2. The lowest BCUT2D eigenvalue weighted by atomic mass is 10.1. The minimum atomic E-state index is 0.00180. The summed E-state index contributed by atoms with van der Waals surface area (Å²) in [5, 5.41) is 7.73. The monoisotopic (exact) mass is 348 g/mol. The van der Waals surface area contributed by atoms with Gasteiger partial charge in [0.05, 0.1) is 0 Å². The number of halogens is 1. The van der Waals surface area contributed by atoms with Gasteiger partial charge in [0.15, 0.2) is 10.3 Å². The number of carbonyl (C=O) groups is 1. The van der Waals surface area contributed by atoms with Gasteiger partial charge in [-0.05, 0) is 73.3 Å². The van der Waals surface area contributed by atoms with Crippen molar-refractivity contribution in [2.75, 3.05) is 6.54 Å². The molecule has 23 heavy (non-hydrogen) atoms. The van der Waals surface area contributed by atoms with E-state index in [1.807, 2.05) is 30.3 Å². The molecule has 4 nitrogen and oxygen atoms in total. The first-order valence-electron chi connectivity index (χ1n) is 7.75. The molecular weight excluding hydrogens is 332 g/mol. The number of carbonyl (C=O) groups excluding carboxylic acids is 1. The van der Waals surface area contributed by atoms with E-state index in [4.69, 9.17) is 16.0 Å². The predicted molar refractivity (Wildman–Crippen MR) is 90.1 cm³/mol. The van der Waals surface area contributed by atoms with Gasteiger partial charge in [-0.15, -0.1) is 0 Å². The van der Waals surface area contributed by atoms with Crippen LogP contribution in [0.25, 0.3) is 0 Å². The molecule has 1 saturated carbocycles. The fourth-order valence-electron chi connectivity index (χ4n) is 3.41. The van der Waals surface area contributed by atoms with Gasteiger partial charge in [0, 0.05) is 22.5 Å². The van der Waals surface area contributed by atoms with E-state index in [0.717, 1.165) is 28.9 Å². The van der Waals surface area contributed by atoms with E-state index >= 15 is 0 Å². The SMILES string of the molecule is O=C(NC1CC2CNC1C2)c1ccc(Sc2ccc(Cl)o2)cc1. The van der Waals surface area contributed by atoms with Crippen LogP contribution in [0.4, 0.5) is 0 Å². The van der Waals surface area contributed by atoms with E-state index in [1.165, 1.54) is 18.2 Å². The van der Waals surface area contributed by atoms with E-state index in [2.05, 4.69) is 10.6 Å². The van der Waals surface area contributed by atoms with Crippen LogP contribution in [0.15, 0.2) is 50.8 Å². The Morgan fingerprint density at radius 3 is 2.65 bits per heavy atom. The molecule has 120 valence electrons. The molecule has 2 fully saturated rings. The largest absolute Gasteiger partial charge is 0.438 e. The third-order valence-electron chi connectivity index (χ3n) is 4.53. The molecule has 1 aliphatic heterocycles. The maximum Gasteiger partial charge on any atom is 0.251 e. The fourth-order valence-corrected chi connectivity index (χ4v) is 4.37. The van der Waals surface area contributed by atoms with Gasteiger partial charge in [0.25, 0.3) is 5.91 Å². The van der Waals surface area contributed by atoms with Crippen LogP contribution in [-0.4, -0.2) is 24.5 Å². The van der Waals surface area contributed by atoms with Crippen molar-refractivity contribution in [1.29, 1.82) is 0 Å². The van der Waals surface area contributed by atoms with E-state index in [0.29, 0.717) is 16.8 Å². The minimum Gasteiger partial charge on any atom is -0.438 e. The quantitative estimate of drug-likeness (QED) is 0.887. The molecule has 2 bridgehead atoms. The maximum atomic E-state index is 12.4. The van der Waals surface area contributed by atoms with Crippen LogP contribution in [-0.2, 0) is 0 Å². The summed E-state index contributed by atoms with van der Waals surface area (Å²) in [6.45, 7) is 1.10. The van der Waals surface area contributed by atoms with Gasteiger partial charge in [0.1, 0.15) is 0 Å². The van der Waals surface area contributed by atoms with Gasteiger partial charge in [-0.25, -0.2) is 0 Å². The summed E-state index contributed by atoms with van der Waals surface area (Å²) in [6.07, 6.45) is 2.28. The van der Waals surface area contributed by atoms with Gasteiger partial charge in [-0.1, -0.05) is 11.8 Å². The summed E-state index contributed by atoms with van der Waals surface area (Å²) in [5.41, 5.74) is 0.689. The lowest BCUT2D eigenvalue weighted by molar-refractivity contribution is 0.0928. The van der Waals surface area contributed by atoms with Crippen molar-refractivity contribution in [3.63, 3.8) is 0 Å². The smallest absolute Gasteiger partial charge is 0.251 e. The number of rotatable bonds is 4. The predicted octanol–water partition coefficient (Wildman–Crippen LogP) is 3.56. The highest BCUT2D eigenvalue weighted by Crippen LogP contribution is 2.32. The molecule has 2 aromatic rings. The molecule has 2 N–H and O–H groups in total. The van der Waals surface area contributed by atoms with Crippen LogP contribution in [0.5, 0.6) is 0 Å². The molecule has 1 aliphatic carbocycles. The van der Waals surface area contributed by atoms with Crippen molar-refractivity contribution in [3.05, 3.63) is 47.2 Å². The number of piperidine rings is 1. The lowest BCUT2D eigenvalue weighted by Crippen LogP contribution is -2.47. The number of hydrogen-bond donors (Lipinski definition) is 2. The summed E-state index contributed by atoms with van der Waals surface area (Å²) in [5.74, 6) is 0.728. The van der Waals surface area contributed by atoms with Gasteiger partial charge in [-0.2, -0.15) is 0 Å².